The van der Waals surface area contributed by atoms with Gasteiger partial charge in [-0.05, 0) is 37.3 Å². The molecule has 5 nitrogen and oxygen atoms in total. The van der Waals surface area contributed by atoms with Gasteiger partial charge in [-0.15, -0.1) is 10.2 Å². The molecule has 0 radical (unpaired) electrons. The number of hydrogen-bond donors (Lipinski definition) is 0. The van der Waals surface area contributed by atoms with E-state index < -0.39 is 0 Å². The molecule has 0 atom stereocenters. The predicted octanol–water partition coefficient (Wildman–Crippen LogP) is 3.09. The molecule has 2 heterocycles. The van der Waals surface area contributed by atoms with E-state index in [1.807, 2.05) is 60.0 Å². The van der Waals surface area contributed by atoms with E-state index in [9.17, 15) is 5.21 Å². The van der Waals surface area contributed by atoms with E-state index in [2.05, 4.69) is 10.2 Å². The Balaban J connectivity index is 2.07. The number of hydrogen-bond acceptors (Lipinski definition) is 3. The van der Waals surface area contributed by atoms with Crippen LogP contribution in [-0.2, 0) is 6.54 Å². The molecular weight excluding hydrogens is 312 g/mol. The molecule has 0 spiro atoms. The van der Waals surface area contributed by atoms with Gasteiger partial charge in [-0.25, -0.2) is 0 Å². The van der Waals surface area contributed by atoms with E-state index in [0.717, 1.165) is 27.4 Å². The molecule has 0 saturated heterocycles. The molecule has 6 heteroatoms. The Morgan fingerprint density at radius 2 is 1.91 bits per heavy atom. The average Bonchev–Trinajstić information content (AvgIpc) is 2.84. The second-order valence-electron chi connectivity index (χ2n) is 5.41. The second kappa shape index (κ2) is 5.21. The summed E-state index contributed by atoms with van der Waals surface area (Å²) in [6.45, 7) is 2.01. The Labute approximate surface area is 138 Å². The first-order chi connectivity index (χ1) is 11.1. The molecule has 0 amide bonds. The van der Waals surface area contributed by atoms with Gasteiger partial charge >= 0.3 is 0 Å². The van der Waals surface area contributed by atoms with Crippen molar-refractivity contribution >= 4 is 17.3 Å². The first-order valence-corrected chi connectivity index (χ1v) is 7.61. The van der Waals surface area contributed by atoms with Crippen LogP contribution in [0.5, 0.6) is 0 Å². The predicted molar refractivity (Wildman–Crippen MR) is 88.1 cm³/mol. The van der Waals surface area contributed by atoms with Crippen molar-refractivity contribution in [2.75, 3.05) is 0 Å². The summed E-state index contributed by atoms with van der Waals surface area (Å²) in [7, 11) is 0. The Morgan fingerprint density at radius 3 is 2.70 bits per heavy atom. The van der Waals surface area contributed by atoms with Gasteiger partial charge in [-0.3, -0.25) is 4.57 Å². The molecule has 0 bridgehead atoms. The highest BCUT2D eigenvalue weighted by molar-refractivity contribution is 6.31. The molecule has 2 aromatic carbocycles. The minimum Gasteiger partial charge on any atom is -0.623 e. The first kappa shape index (κ1) is 14.0. The average molecular weight is 325 g/mol. The maximum Gasteiger partial charge on any atom is 0.228 e. The maximum absolute atomic E-state index is 12.8. The Kier molecular flexibility index (Phi) is 3.16. The van der Waals surface area contributed by atoms with E-state index in [0.29, 0.717) is 16.6 Å². The van der Waals surface area contributed by atoms with Gasteiger partial charge in [-0.1, -0.05) is 29.8 Å². The quantitative estimate of drug-likeness (QED) is 0.510. The summed E-state index contributed by atoms with van der Waals surface area (Å²) in [6.07, 6.45) is 0. The van der Waals surface area contributed by atoms with Crippen LogP contribution < -0.4 is 0 Å². The van der Waals surface area contributed by atoms with Crippen LogP contribution in [0.25, 0.3) is 5.69 Å². The fourth-order valence-electron chi connectivity index (χ4n) is 2.95. The highest BCUT2D eigenvalue weighted by Crippen LogP contribution is 2.27. The standard InChI is InChI=1S/C17H13ClN4O/c1-11-19-20-16-10-21(23)17(12-5-3-2-4-6-12)14-9-13(18)7-8-15(14)22(11)16/h2-9H,10H2,1H3. The summed E-state index contributed by atoms with van der Waals surface area (Å²) in [6, 6.07) is 15.1. The number of aryl methyl sites for hydroxylation is 1. The number of halogens is 1. The molecule has 0 unspecified atom stereocenters. The number of benzene rings is 2. The van der Waals surface area contributed by atoms with Crippen molar-refractivity contribution < 1.29 is 4.74 Å². The summed E-state index contributed by atoms with van der Waals surface area (Å²) in [5.41, 5.74) is 3.08. The van der Waals surface area contributed by atoms with Gasteiger partial charge in [0.05, 0.1) is 11.3 Å². The fourth-order valence-corrected chi connectivity index (χ4v) is 3.12. The molecular formula is C17H13ClN4O. The third-order valence-electron chi connectivity index (χ3n) is 3.93. The van der Waals surface area contributed by atoms with Crippen LogP contribution in [0.2, 0.25) is 5.02 Å². The van der Waals surface area contributed by atoms with Gasteiger partial charge in [0.1, 0.15) is 5.82 Å². The number of nitrogens with zero attached hydrogens (tertiary/aromatic N) is 4. The van der Waals surface area contributed by atoms with Crippen molar-refractivity contribution in [3.05, 3.63) is 81.5 Å². The van der Waals surface area contributed by atoms with Gasteiger partial charge in [-0.2, -0.15) is 4.74 Å². The molecule has 1 aliphatic rings. The first-order valence-electron chi connectivity index (χ1n) is 7.23. The number of rotatable bonds is 1. The Morgan fingerprint density at radius 1 is 1.13 bits per heavy atom. The van der Waals surface area contributed by atoms with E-state index in [4.69, 9.17) is 11.6 Å². The lowest BCUT2D eigenvalue weighted by molar-refractivity contribution is -0.475. The summed E-state index contributed by atoms with van der Waals surface area (Å²) in [5.74, 6) is 1.36. The topological polar surface area (TPSA) is 56.8 Å². The highest BCUT2D eigenvalue weighted by Gasteiger charge is 2.28. The highest BCUT2D eigenvalue weighted by atomic mass is 35.5. The number of hydroxylamine groups is 1. The van der Waals surface area contributed by atoms with Gasteiger partial charge in [0, 0.05) is 10.6 Å². The summed E-state index contributed by atoms with van der Waals surface area (Å²) in [4.78, 5) is 0. The number of aromatic nitrogens is 3. The molecule has 1 aliphatic heterocycles. The molecule has 23 heavy (non-hydrogen) atoms. The molecule has 0 fully saturated rings. The molecule has 114 valence electrons. The zero-order valence-electron chi connectivity index (χ0n) is 12.4. The van der Waals surface area contributed by atoms with Crippen molar-refractivity contribution in [2.45, 2.75) is 13.5 Å². The van der Waals surface area contributed by atoms with Crippen molar-refractivity contribution in [3.63, 3.8) is 0 Å². The zero-order valence-corrected chi connectivity index (χ0v) is 13.2. The minimum atomic E-state index is 0.136. The van der Waals surface area contributed by atoms with Crippen LogP contribution >= 0.6 is 11.6 Å². The monoisotopic (exact) mass is 324 g/mol. The molecule has 3 aromatic rings. The Hall–Kier alpha value is -2.66. The van der Waals surface area contributed by atoms with E-state index in [1.54, 1.807) is 0 Å². The minimum absolute atomic E-state index is 0.136. The van der Waals surface area contributed by atoms with Gasteiger partial charge in [0.15, 0.2) is 0 Å². The molecule has 4 rings (SSSR count). The van der Waals surface area contributed by atoms with Crippen LogP contribution in [0, 0.1) is 12.1 Å². The van der Waals surface area contributed by atoms with E-state index >= 15 is 0 Å². The largest absolute Gasteiger partial charge is 0.623 e. The van der Waals surface area contributed by atoms with Crippen LogP contribution in [0.15, 0.2) is 48.5 Å². The lowest BCUT2D eigenvalue weighted by Gasteiger charge is -2.11. The summed E-state index contributed by atoms with van der Waals surface area (Å²) < 4.78 is 2.87. The summed E-state index contributed by atoms with van der Waals surface area (Å²) >= 11 is 6.20. The van der Waals surface area contributed by atoms with Crippen LogP contribution in [0.4, 0.5) is 0 Å². The Bertz CT molecular complexity index is 931. The third kappa shape index (κ3) is 2.21. The SMILES string of the molecule is Cc1nnc2n1-c1ccc(Cl)cc1C(c1ccccc1)=[N+]([O-])C2. The maximum atomic E-state index is 12.8. The molecule has 0 N–H and O–H groups in total. The second-order valence-corrected chi connectivity index (χ2v) is 5.85. The van der Waals surface area contributed by atoms with Gasteiger partial charge in [0.2, 0.25) is 18.1 Å². The van der Waals surface area contributed by atoms with Crippen molar-refractivity contribution in [1.82, 2.24) is 14.8 Å². The lowest BCUT2D eigenvalue weighted by atomic mass is 10.0. The van der Waals surface area contributed by atoms with E-state index in [-0.39, 0.29) is 6.54 Å². The van der Waals surface area contributed by atoms with Crippen LogP contribution in [0.1, 0.15) is 22.8 Å². The molecule has 1 aromatic heterocycles. The van der Waals surface area contributed by atoms with Crippen molar-refractivity contribution in [2.24, 2.45) is 0 Å². The van der Waals surface area contributed by atoms with Crippen molar-refractivity contribution in [3.8, 4) is 5.69 Å². The van der Waals surface area contributed by atoms with E-state index in [1.165, 1.54) is 0 Å². The van der Waals surface area contributed by atoms with Gasteiger partial charge in [0.25, 0.3) is 0 Å². The lowest BCUT2D eigenvalue weighted by Crippen LogP contribution is -2.17. The normalized spacial score (nSPS) is 13.5. The fraction of sp³-hybridized carbons (Fsp3) is 0.118. The number of fused-ring (bicyclic) bond motifs is 3. The van der Waals surface area contributed by atoms with Crippen LogP contribution in [0.3, 0.4) is 0 Å². The molecule has 0 aliphatic carbocycles. The van der Waals surface area contributed by atoms with Crippen LogP contribution in [-0.4, -0.2) is 25.2 Å². The van der Waals surface area contributed by atoms with Gasteiger partial charge < -0.3 is 5.21 Å². The third-order valence-corrected chi connectivity index (χ3v) is 4.16. The smallest absolute Gasteiger partial charge is 0.228 e. The van der Waals surface area contributed by atoms with Crippen molar-refractivity contribution in [1.29, 1.82) is 0 Å². The molecule has 0 saturated carbocycles. The zero-order chi connectivity index (χ0) is 16.0. The summed E-state index contributed by atoms with van der Waals surface area (Å²) in [5, 5.41) is 21.6.